The van der Waals surface area contributed by atoms with Crippen molar-refractivity contribution in [3.8, 4) is 28.5 Å². The zero-order chi connectivity index (χ0) is 15.5. The fourth-order valence-corrected chi connectivity index (χ4v) is 2.65. The van der Waals surface area contributed by atoms with Crippen LogP contribution in [0.25, 0.3) is 22.4 Å². The van der Waals surface area contributed by atoms with Gasteiger partial charge >= 0.3 is 0 Å². The van der Waals surface area contributed by atoms with E-state index in [1.807, 2.05) is 54.6 Å². The van der Waals surface area contributed by atoms with E-state index in [2.05, 4.69) is 33.6 Å². The molecule has 0 spiro atoms. The van der Waals surface area contributed by atoms with Crippen LogP contribution < -0.4 is 0 Å². The average molecular weight is 400 g/mol. The van der Waals surface area contributed by atoms with Crippen molar-refractivity contribution in [1.29, 1.82) is 5.26 Å². The third-order valence-electron chi connectivity index (χ3n) is 3.30. The third-order valence-corrected chi connectivity index (χ3v) is 4.02. The van der Waals surface area contributed by atoms with E-state index in [0.717, 1.165) is 14.7 Å². The lowest BCUT2D eigenvalue weighted by Gasteiger charge is -2.10. The van der Waals surface area contributed by atoms with Gasteiger partial charge in [0.25, 0.3) is 0 Å². The summed E-state index contributed by atoms with van der Waals surface area (Å²) in [5.74, 6) is -0.591. The highest BCUT2D eigenvalue weighted by molar-refractivity contribution is 14.1. The number of nitriles is 1. The predicted octanol–water partition coefficient (Wildman–Crippen LogP) is 5.03. The Hall–Kier alpha value is -2.26. The zero-order valence-electron chi connectivity index (χ0n) is 11.4. The van der Waals surface area contributed by atoms with E-state index in [0.29, 0.717) is 16.8 Å². The van der Waals surface area contributed by atoms with E-state index in [-0.39, 0.29) is 0 Å². The molecule has 0 amide bonds. The number of pyridine rings is 1. The van der Waals surface area contributed by atoms with Crippen molar-refractivity contribution < 1.29 is 4.39 Å². The molecule has 1 heterocycles. The van der Waals surface area contributed by atoms with Crippen LogP contribution in [0.1, 0.15) is 5.56 Å². The molecule has 0 aliphatic carbocycles. The quantitative estimate of drug-likeness (QED) is 0.447. The lowest BCUT2D eigenvalue weighted by molar-refractivity contribution is 0.585. The molecule has 106 valence electrons. The Kier molecular flexibility index (Phi) is 4.16. The minimum Gasteiger partial charge on any atom is -0.218 e. The average Bonchev–Trinajstić information content (AvgIpc) is 2.55. The van der Waals surface area contributed by atoms with Gasteiger partial charge in [0.1, 0.15) is 6.07 Å². The zero-order valence-corrected chi connectivity index (χ0v) is 13.6. The van der Waals surface area contributed by atoms with Crippen molar-refractivity contribution in [3.63, 3.8) is 0 Å². The molecule has 0 atom stereocenters. The first-order valence-electron chi connectivity index (χ1n) is 6.61. The van der Waals surface area contributed by atoms with Crippen LogP contribution in [-0.2, 0) is 0 Å². The van der Waals surface area contributed by atoms with Gasteiger partial charge in [0.05, 0.1) is 11.3 Å². The summed E-state index contributed by atoms with van der Waals surface area (Å²) < 4.78 is 15.0. The van der Waals surface area contributed by atoms with Crippen molar-refractivity contribution in [1.82, 2.24) is 4.98 Å². The van der Waals surface area contributed by atoms with Crippen molar-refractivity contribution >= 4 is 22.6 Å². The molecule has 2 nitrogen and oxygen atoms in total. The SMILES string of the molecule is N#Cc1c(-c2ccccc2)cc(F)nc1-c1ccc(I)cc1. The Bertz CT molecular complexity index is 853. The highest BCUT2D eigenvalue weighted by Gasteiger charge is 2.15. The molecule has 0 aliphatic heterocycles. The van der Waals surface area contributed by atoms with Crippen LogP contribution in [0.2, 0.25) is 0 Å². The molecule has 1 aromatic heterocycles. The molecule has 0 unspecified atom stereocenters. The van der Waals surface area contributed by atoms with Crippen LogP contribution in [0.15, 0.2) is 60.7 Å². The molecule has 0 saturated heterocycles. The number of hydrogen-bond donors (Lipinski definition) is 0. The van der Waals surface area contributed by atoms with Gasteiger partial charge in [-0.15, -0.1) is 0 Å². The maximum Gasteiger partial charge on any atom is 0.214 e. The first kappa shape index (κ1) is 14.7. The normalized spacial score (nSPS) is 10.2. The van der Waals surface area contributed by atoms with E-state index in [1.165, 1.54) is 6.07 Å². The van der Waals surface area contributed by atoms with Crippen LogP contribution >= 0.6 is 22.6 Å². The van der Waals surface area contributed by atoms with Crippen LogP contribution in [-0.4, -0.2) is 4.98 Å². The van der Waals surface area contributed by atoms with Gasteiger partial charge in [-0.05, 0) is 40.3 Å². The van der Waals surface area contributed by atoms with E-state index < -0.39 is 5.95 Å². The molecule has 0 radical (unpaired) electrons. The fraction of sp³-hybridized carbons (Fsp3) is 0. The number of benzene rings is 2. The Morgan fingerprint density at radius 2 is 1.64 bits per heavy atom. The monoisotopic (exact) mass is 400 g/mol. The lowest BCUT2D eigenvalue weighted by atomic mass is 9.97. The van der Waals surface area contributed by atoms with Gasteiger partial charge in [0, 0.05) is 20.8 Å². The summed E-state index contributed by atoms with van der Waals surface area (Å²) in [4.78, 5) is 3.94. The van der Waals surface area contributed by atoms with Gasteiger partial charge in [-0.1, -0.05) is 42.5 Å². The molecule has 22 heavy (non-hydrogen) atoms. The van der Waals surface area contributed by atoms with Crippen molar-refractivity contribution in [2.45, 2.75) is 0 Å². The molecule has 0 bridgehead atoms. The summed E-state index contributed by atoms with van der Waals surface area (Å²) in [5, 5.41) is 9.55. The Morgan fingerprint density at radius 3 is 2.27 bits per heavy atom. The third kappa shape index (κ3) is 2.85. The molecule has 2 aromatic carbocycles. The van der Waals surface area contributed by atoms with E-state index in [9.17, 15) is 9.65 Å². The number of hydrogen-bond acceptors (Lipinski definition) is 2. The lowest BCUT2D eigenvalue weighted by Crippen LogP contribution is -1.97. The first-order valence-corrected chi connectivity index (χ1v) is 7.69. The fourth-order valence-electron chi connectivity index (χ4n) is 2.29. The van der Waals surface area contributed by atoms with Gasteiger partial charge < -0.3 is 0 Å². The molecular weight excluding hydrogens is 390 g/mol. The van der Waals surface area contributed by atoms with Crippen LogP contribution in [0.5, 0.6) is 0 Å². The molecule has 4 heteroatoms. The maximum atomic E-state index is 14.0. The van der Waals surface area contributed by atoms with Crippen molar-refractivity contribution in [2.24, 2.45) is 0 Å². The molecule has 3 aromatic rings. The summed E-state index contributed by atoms with van der Waals surface area (Å²) >= 11 is 2.20. The summed E-state index contributed by atoms with van der Waals surface area (Å²) in [6.07, 6.45) is 0. The molecule has 0 saturated carbocycles. The maximum absolute atomic E-state index is 14.0. The van der Waals surface area contributed by atoms with Gasteiger partial charge in [-0.2, -0.15) is 9.65 Å². The first-order chi connectivity index (χ1) is 10.7. The summed E-state index contributed by atoms with van der Waals surface area (Å²) in [6.45, 7) is 0. The van der Waals surface area contributed by atoms with Crippen LogP contribution in [0.3, 0.4) is 0 Å². The van der Waals surface area contributed by atoms with Gasteiger partial charge in [0.15, 0.2) is 0 Å². The molecular formula is C18H10FIN2. The highest BCUT2D eigenvalue weighted by Crippen LogP contribution is 2.31. The number of nitrogens with zero attached hydrogens (tertiary/aromatic N) is 2. The van der Waals surface area contributed by atoms with Crippen LogP contribution in [0, 0.1) is 20.8 Å². The van der Waals surface area contributed by atoms with Crippen LogP contribution in [0.4, 0.5) is 4.39 Å². The van der Waals surface area contributed by atoms with E-state index >= 15 is 0 Å². The molecule has 0 aliphatic rings. The summed E-state index contributed by atoms with van der Waals surface area (Å²) in [7, 11) is 0. The second kappa shape index (κ2) is 6.24. The smallest absolute Gasteiger partial charge is 0.214 e. The standard InChI is InChI=1S/C18H10FIN2/c19-17-10-15(12-4-2-1-3-5-12)16(11-21)18(22-17)13-6-8-14(20)9-7-13/h1-10H. The Morgan fingerprint density at radius 1 is 0.955 bits per heavy atom. The summed E-state index contributed by atoms with van der Waals surface area (Å²) in [5.41, 5.74) is 2.84. The highest BCUT2D eigenvalue weighted by atomic mass is 127. The molecule has 0 fully saturated rings. The predicted molar refractivity (Wildman–Crippen MR) is 92.5 cm³/mol. The van der Waals surface area contributed by atoms with E-state index in [4.69, 9.17) is 0 Å². The number of halogens is 2. The number of aromatic nitrogens is 1. The van der Waals surface area contributed by atoms with E-state index in [1.54, 1.807) is 0 Å². The molecule has 0 N–H and O–H groups in total. The largest absolute Gasteiger partial charge is 0.218 e. The Labute approximate surface area is 141 Å². The van der Waals surface area contributed by atoms with Crippen molar-refractivity contribution in [2.75, 3.05) is 0 Å². The summed E-state index contributed by atoms with van der Waals surface area (Å²) in [6, 6.07) is 20.3. The van der Waals surface area contributed by atoms with Gasteiger partial charge in [-0.25, -0.2) is 4.98 Å². The van der Waals surface area contributed by atoms with Crippen molar-refractivity contribution in [3.05, 3.63) is 75.7 Å². The van der Waals surface area contributed by atoms with Gasteiger partial charge in [0.2, 0.25) is 5.95 Å². The second-order valence-electron chi connectivity index (χ2n) is 4.70. The number of rotatable bonds is 2. The van der Waals surface area contributed by atoms with Gasteiger partial charge in [-0.3, -0.25) is 0 Å². The molecule has 3 rings (SSSR count). The minimum absolute atomic E-state index is 0.373. The Balaban J connectivity index is 2.26. The minimum atomic E-state index is -0.591. The topological polar surface area (TPSA) is 36.7 Å². The second-order valence-corrected chi connectivity index (χ2v) is 5.95.